The molecule has 9 heteroatoms. The second kappa shape index (κ2) is 7.68. The van der Waals surface area contributed by atoms with Crippen molar-refractivity contribution in [2.75, 3.05) is 6.54 Å². The van der Waals surface area contributed by atoms with E-state index in [1.807, 2.05) is 31.2 Å². The van der Waals surface area contributed by atoms with Gasteiger partial charge >= 0.3 is 6.18 Å². The van der Waals surface area contributed by atoms with Crippen molar-refractivity contribution in [2.24, 2.45) is 7.05 Å². The smallest absolute Gasteiger partial charge is 0.330 e. The standard InChI is InChI=1S/C24H20F3N5O/c1-14-21-18(22(31(2)30-21)16-7-10-29-20(13-16)24(25,26)27)8-11-32(14)23(33)17-5-6-19-15(12-17)4-3-9-28-19/h3-7,9-10,12-14H,8,11H2,1-2H3/t14-/m0/s1. The molecule has 4 aromatic rings. The predicted octanol–water partition coefficient (Wildman–Crippen LogP) is 4.81. The lowest BCUT2D eigenvalue weighted by Crippen LogP contribution is -2.38. The molecule has 0 bridgehead atoms. The van der Waals surface area contributed by atoms with E-state index in [4.69, 9.17) is 0 Å². The highest BCUT2D eigenvalue weighted by atomic mass is 19.4. The molecule has 4 heterocycles. The van der Waals surface area contributed by atoms with Crippen LogP contribution in [0.25, 0.3) is 22.2 Å². The molecular formula is C24H20F3N5O. The Morgan fingerprint density at radius 1 is 1.09 bits per heavy atom. The molecule has 5 rings (SSSR count). The van der Waals surface area contributed by atoms with Gasteiger partial charge in [-0.3, -0.25) is 19.4 Å². The van der Waals surface area contributed by atoms with Crippen molar-refractivity contribution in [3.8, 4) is 11.3 Å². The monoisotopic (exact) mass is 451 g/mol. The van der Waals surface area contributed by atoms with Gasteiger partial charge in [0.2, 0.25) is 0 Å². The maximum absolute atomic E-state index is 13.3. The third kappa shape index (κ3) is 3.63. The summed E-state index contributed by atoms with van der Waals surface area (Å²) in [5, 5.41) is 5.47. The van der Waals surface area contributed by atoms with Crippen molar-refractivity contribution in [1.29, 1.82) is 0 Å². The number of alkyl halides is 3. The van der Waals surface area contributed by atoms with Crippen molar-refractivity contribution in [3.63, 3.8) is 0 Å². The van der Waals surface area contributed by atoms with Gasteiger partial charge in [0.1, 0.15) is 5.69 Å². The lowest BCUT2D eigenvalue weighted by molar-refractivity contribution is -0.141. The fourth-order valence-electron chi connectivity index (χ4n) is 4.49. The summed E-state index contributed by atoms with van der Waals surface area (Å²) in [7, 11) is 1.70. The molecule has 1 amide bonds. The van der Waals surface area contributed by atoms with Gasteiger partial charge in [-0.25, -0.2) is 0 Å². The Labute approximate surface area is 187 Å². The van der Waals surface area contributed by atoms with E-state index < -0.39 is 11.9 Å². The molecule has 3 aromatic heterocycles. The van der Waals surface area contributed by atoms with Gasteiger partial charge in [0.15, 0.2) is 0 Å². The van der Waals surface area contributed by atoms with E-state index in [1.165, 1.54) is 0 Å². The molecular weight excluding hydrogens is 431 g/mol. The molecule has 33 heavy (non-hydrogen) atoms. The second-order valence-corrected chi connectivity index (χ2v) is 8.10. The average Bonchev–Trinajstić information content (AvgIpc) is 3.15. The van der Waals surface area contributed by atoms with Crippen LogP contribution in [-0.2, 0) is 19.6 Å². The summed E-state index contributed by atoms with van der Waals surface area (Å²) in [6, 6.07) is 11.4. The molecule has 1 aromatic carbocycles. The maximum Gasteiger partial charge on any atom is 0.433 e. The number of fused-ring (bicyclic) bond motifs is 2. The molecule has 0 fully saturated rings. The van der Waals surface area contributed by atoms with Gasteiger partial charge in [-0.15, -0.1) is 0 Å². The van der Waals surface area contributed by atoms with Crippen molar-refractivity contribution < 1.29 is 18.0 Å². The van der Waals surface area contributed by atoms with Gasteiger partial charge in [-0.1, -0.05) is 6.07 Å². The van der Waals surface area contributed by atoms with Crippen LogP contribution in [0, 0.1) is 0 Å². The fraction of sp³-hybridized carbons (Fsp3) is 0.250. The zero-order valence-electron chi connectivity index (χ0n) is 18.0. The number of hydrogen-bond acceptors (Lipinski definition) is 4. The molecule has 1 atom stereocenters. The summed E-state index contributed by atoms with van der Waals surface area (Å²) in [5.74, 6) is -0.116. The van der Waals surface area contributed by atoms with E-state index in [0.29, 0.717) is 35.5 Å². The number of halogens is 3. The topological polar surface area (TPSA) is 63.9 Å². The molecule has 6 nitrogen and oxygen atoms in total. The number of amides is 1. The van der Waals surface area contributed by atoms with E-state index in [9.17, 15) is 18.0 Å². The Hall–Kier alpha value is -3.75. The highest BCUT2D eigenvalue weighted by molar-refractivity contribution is 5.98. The van der Waals surface area contributed by atoms with Crippen LogP contribution in [0.5, 0.6) is 0 Å². The molecule has 0 aliphatic carbocycles. The van der Waals surface area contributed by atoms with Gasteiger partial charge in [-0.2, -0.15) is 18.3 Å². The van der Waals surface area contributed by atoms with E-state index in [2.05, 4.69) is 15.1 Å². The van der Waals surface area contributed by atoms with Gasteiger partial charge in [0.05, 0.1) is 22.9 Å². The van der Waals surface area contributed by atoms with Crippen LogP contribution in [0.3, 0.4) is 0 Å². The number of carbonyl (C=O) groups is 1. The third-order valence-corrected chi connectivity index (χ3v) is 6.08. The van der Waals surface area contributed by atoms with Gasteiger partial charge in [-0.05, 0) is 49.7 Å². The van der Waals surface area contributed by atoms with Crippen LogP contribution in [0.1, 0.15) is 40.3 Å². The van der Waals surface area contributed by atoms with Crippen molar-refractivity contribution in [1.82, 2.24) is 24.6 Å². The van der Waals surface area contributed by atoms with Crippen LogP contribution in [0.2, 0.25) is 0 Å². The number of pyridine rings is 2. The summed E-state index contributed by atoms with van der Waals surface area (Å²) >= 11 is 0. The SMILES string of the molecule is C[C@H]1c2nn(C)c(-c3ccnc(C(F)(F)F)c3)c2CCN1C(=O)c1ccc2ncccc2c1. The molecule has 0 spiro atoms. The minimum Gasteiger partial charge on any atom is -0.330 e. The third-order valence-electron chi connectivity index (χ3n) is 6.08. The lowest BCUT2D eigenvalue weighted by Gasteiger charge is -2.33. The number of aryl methyl sites for hydroxylation is 1. The van der Waals surface area contributed by atoms with Crippen molar-refractivity contribution >= 4 is 16.8 Å². The lowest BCUT2D eigenvalue weighted by atomic mass is 9.95. The van der Waals surface area contributed by atoms with Crippen LogP contribution in [0.4, 0.5) is 13.2 Å². The molecule has 0 saturated heterocycles. The predicted molar refractivity (Wildman–Crippen MR) is 116 cm³/mol. The van der Waals surface area contributed by atoms with E-state index in [-0.39, 0.29) is 11.9 Å². The molecule has 1 aliphatic rings. The zero-order valence-corrected chi connectivity index (χ0v) is 18.0. The Morgan fingerprint density at radius 2 is 1.91 bits per heavy atom. The minimum absolute atomic E-state index is 0.116. The fourth-order valence-corrected chi connectivity index (χ4v) is 4.49. The number of nitrogens with zero attached hydrogens (tertiary/aromatic N) is 5. The molecule has 0 radical (unpaired) electrons. The Balaban J connectivity index is 1.49. The normalized spacial score (nSPS) is 16.2. The molecule has 0 N–H and O–H groups in total. The maximum atomic E-state index is 13.3. The molecule has 1 aliphatic heterocycles. The van der Waals surface area contributed by atoms with E-state index in [0.717, 1.165) is 28.7 Å². The highest BCUT2D eigenvalue weighted by Gasteiger charge is 2.35. The van der Waals surface area contributed by atoms with Crippen molar-refractivity contribution in [2.45, 2.75) is 25.6 Å². The number of carbonyl (C=O) groups excluding carboxylic acids is 1. The Morgan fingerprint density at radius 3 is 2.70 bits per heavy atom. The van der Waals surface area contributed by atoms with Crippen LogP contribution in [0.15, 0.2) is 54.9 Å². The van der Waals surface area contributed by atoms with E-state index in [1.54, 1.807) is 35.0 Å². The quantitative estimate of drug-likeness (QED) is 0.439. The van der Waals surface area contributed by atoms with Gasteiger partial charge < -0.3 is 4.90 Å². The largest absolute Gasteiger partial charge is 0.433 e. The number of aromatic nitrogens is 4. The van der Waals surface area contributed by atoms with Crippen LogP contribution >= 0.6 is 0 Å². The first-order valence-electron chi connectivity index (χ1n) is 10.5. The number of hydrogen-bond donors (Lipinski definition) is 0. The summed E-state index contributed by atoms with van der Waals surface area (Å²) in [6.07, 6.45) is -1.17. The van der Waals surface area contributed by atoms with Gasteiger partial charge in [0, 0.05) is 48.1 Å². The molecule has 0 saturated carbocycles. The Bertz CT molecular complexity index is 1380. The second-order valence-electron chi connectivity index (χ2n) is 8.10. The first-order chi connectivity index (χ1) is 15.7. The van der Waals surface area contributed by atoms with Crippen LogP contribution < -0.4 is 0 Å². The zero-order chi connectivity index (χ0) is 23.3. The van der Waals surface area contributed by atoms with Gasteiger partial charge in [0.25, 0.3) is 5.91 Å². The number of benzene rings is 1. The van der Waals surface area contributed by atoms with Crippen LogP contribution in [-0.4, -0.2) is 37.1 Å². The molecule has 168 valence electrons. The summed E-state index contributed by atoms with van der Waals surface area (Å²) in [5.41, 5.74) is 3.01. The molecule has 0 unspecified atom stereocenters. The average molecular weight is 451 g/mol. The number of rotatable bonds is 2. The summed E-state index contributed by atoms with van der Waals surface area (Å²) < 4.78 is 41.1. The van der Waals surface area contributed by atoms with E-state index >= 15 is 0 Å². The first-order valence-corrected chi connectivity index (χ1v) is 10.5. The summed E-state index contributed by atoms with van der Waals surface area (Å²) in [4.78, 5) is 22.8. The highest BCUT2D eigenvalue weighted by Crippen LogP contribution is 2.37. The Kier molecular flexibility index (Phi) is 4.92. The first kappa shape index (κ1) is 21.1. The minimum atomic E-state index is -4.53. The summed E-state index contributed by atoms with van der Waals surface area (Å²) in [6.45, 7) is 2.33. The van der Waals surface area contributed by atoms with Crippen molar-refractivity contribution in [3.05, 3.63) is 77.4 Å².